The van der Waals surface area contributed by atoms with E-state index in [0.717, 1.165) is 27.4 Å². The minimum Gasteiger partial charge on any atom is -0.240 e. The van der Waals surface area contributed by atoms with E-state index >= 15 is 0 Å². The number of aromatic nitrogens is 1. The highest BCUT2D eigenvalue weighted by Gasteiger charge is 2.15. The van der Waals surface area contributed by atoms with Gasteiger partial charge in [-0.15, -0.1) is 18.3 Å². The largest absolute Gasteiger partial charge is 0.240 e. The van der Waals surface area contributed by atoms with E-state index in [1.54, 1.807) is 0 Å². The van der Waals surface area contributed by atoms with Crippen LogP contribution in [0.4, 0.5) is 0 Å². The number of nitrogens with zero attached hydrogens (tertiary/aromatic N) is 2. The Bertz CT molecular complexity index is 881. The molecule has 0 radical (unpaired) electrons. The summed E-state index contributed by atoms with van der Waals surface area (Å²) in [6.07, 6.45) is 1.82. The Morgan fingerprint density at radius 3 is 2.21 bits per heavy atom. The van der Waals surface area contributed by atoms with Crippen LogP contribution in [0.5, 0.6) is 0 Å². The van der Waals surface area contributed by atoms with Gasteiger partial charge < -0.3 is 0 Å². The monoisotopic (exact) mass is 328 g/mol. The maximum absolute atomic E-state index is 9.69. The second-order valence-corrected chi connectivity index (χ2v) is 6.19. The summed E-state index contributed by atoms with van der Waals surface area (Å²) in [6.45, 7) is 3.76. The third kappa shape index (κ3) is 3.40. The second kappa shape index (κ2) is 7.63. The summed E-state index contributed by atoms with van der Waals surface area (Å²) < 4.78 is 0. The van der Waals surface area contributed by atoms with Gasteiger partial charge in [0, 0.05) is 16.9 Å². The molecule has 0 fully saturated rings. The summed E-state index contributed by atoms with van der Waals surface area (Å²) in [7, 11) is 0. The van der Waals surface area contributed by atoms with Crippen molar-refractivity contribution in [3.63, 3.8) is 0 Å². The summed E-state index contributed by atoms with van der Waals surface area (Å²) in [5, 5.41) is 10.4. The Labute approximate surface area is 146 Å². The maximum atomic E-state index is 9.69. The van der Waals surface area contributed by atoms with Crippen LogP contribution >= 0.6 is 11.8 Å². The smallest absolute Gasteiger partial charge is 0.115 e. The Kier molecular flexibility index (Phi) is 5.10. The minimum atomic E-state index is 0.618. The summed E-state index contributed by atoms with van der Waals surface area (Å²) in [6, 6.07) is 24.4. The lowest BCUT2D eigenvalue weighted by Crippen LogP contribution is -1.96. The van der Waals surface area contributed by atoms with Gasteiger partial charge in [-0.05, 0) is 11.6 Å². The summed E-state index contributed by atoms with van der Waals surface area (Å²) in [4.78, 5) is 4.73. The normalized spacial score (nSPS) is 10.1. The highest BCUT2D eigenvalue weighted by atomic mass is 32.2. The molecule has 3 aromatic rings. The molecule has 116 valence electrons. The first-order valence-corrected chi connectivity index (χ1v) is 8.61. The quantitative estimate of drug-likeness (QED) is 0.454. The molecule has 0 saturated carbocycles. The van der Waals surface area contributed by atoms with Gasteiger partial charge in [0.1, 0.15) is 11.1 Å². The van der Waals surface area contributed by atoms with Gasteiger partial charge in [0.25, 0.3) is 0 Å². The van der Waals surface area contributed by atoms with E-state index in [1.165, 1.54) is 11.8 Å². The van der Waals surface area contributed by atoms with E-state index in [0.29, 0.717) is 11.3 Å². The van der Waals surface area contributed by atoms with Crippen LogP contribution in [0.25, 0.3) is 22.4 Å². The first kappa shape index (κ1) is 16.0. The zero-order valence-corrected chi connectivity index (χ0v) is 14.0. The molecule has 0 saturated heterocycles. The summed E-state index contributed by atoms with van der Waals surface area (Å²) in [5.74, 6) is 0.716. The fourth-order valence-corrected chi connectivity index (χ4v) is 3.21. The molecule has 1 heterocycles. The Balaban J connectivity index is 2.22. The molecule has 0 spiro atoms. The highest BCUT2D eigenvalue weighted by Crippen LogP contribution is 2.34. The van der Waals surface area contributed by atoms with Crippen molar-refractivity contribution in [2.24, 2.45) is 0 Å². The Morgan fingerprint density at radius 1 is 1.00 bits per heavy atom. The zero-order chi connectivity index (χ0) is 16.8. The number of rotatable bonds is 5. The second-order valence-electron chi connectivity index (χ2n) is 5.18. The van der Waals surface area contributed by atoms with Crippen LogP contribution in [0.15, 0.2) is 84.4 Å². The summed E-state index contributed by atoms with van der Waals surface area (Å²) in [5.41, 5.74) is 4.47. The van der Waals surface area contributed by atoms with Crippen molar-refractivity contribution in [3.05, 3.63) is 84.9 Å². The molecular weight excluding hydrogens is 312 g/mol. The van der Waals surface area contributed by atoms with Crippen LogP contribution in [0, 0.1) is 11.3 Å². The van der Waals surface area contributed by atoms with Gasteiger partial charge in [-0.1, -0.05) is 66.7 Å². The van der Waals surface area contributed by atoms with E-state index in [4.69, 9.17) is 4.98 Å². The molecule has 0 atom stereocenters. The molecule has 0 N–H and O–H groups in total. The van der Waals surface area contributed by atoms with Gasteiger partial charge in [0.05, 0.1) is 11.3 Å². The lowest BCUT2D eigenvalue weighted by atomic mass is 9.99. The molecule has 0 aliphatic carbocycles. The van der Waals surface area contributed by atoms with Crippen LogP contribution in [0.1, 0.15) is 5.56 Å². The minimum absolute atomic E-state index is 0.618. The molecule has 0 bridgehead atoms. The van der Waals surface area contributed by atoms with E-state index in [1.807, 2.05) is 72.8 Å². The highest BCUT2D eigenvalue weighted by molar-refractivity contribution is 7.99. The number of thioether (sulfide) groups is 1. The van der Waals surface area contributed by atoms with Crippen molar-refractivity contribution in [1.82, 2.24) is 4.98 Å². The summed E-state index contributed by atoms with van der Waals surface area (Å²) >= 11 is 1.54. The SMILES string of the molecule is C=CCSc1nc(-c2ccccc2)cc(-c2ccccc2)c1C#N. The van der Waals surface area contributed by atoms with Crippen LogP contribution in [0.3, 0.4) is 0 Å². The number of pyridine rings is 1. The van der Waals surface area contributed by atoms with Crippen molar-refractivity contribution in [1.29, 1.82) is 5.26 Å². The lowest BCUT2D eigenvalue weighted by molar-refractivity contribution is 1.12. The molecule has 0 aliphatic rings. The standard InChI is InChI=1S/C21H16N2S/c1-2-13-24-21-19(15-22)18(16-9-5-3-6-10-16)14-20(23-21)17-11-7-4-8-12-17/h2-12,14H,1,13H2. The Hall–Kier alpha value is -2.83. The zero-order valence-electron chi connectivity index (χ0n) is 13.1. The average Bonchev–Trinajstić information content (AvgIpc) is 2.67. The van der Waals surface area contributed by atoms with E-state index < -0.39 is 0 Å². The van der Waals surface area contributed by atoms with Crippen molar-refractivity contribution < 1.29 is 0 Å². The fraction of sp³-hybridized carbons (Fsp3) is 0.0476. The molecule has 0 aliphatic heterocycles. The van der Waals surface area contributed by atoms with Gasteiger partial charge in [-0.2, -0.15) is 5.26 Å². The van der Waals surface area contributed by atoms with E-state index in [-0.39, 0.29) is 0 Å². The Morgan fingerprint density at radius 2 is 1.62 bits per heavy atom. The van der Waals surface area contributed by atoms with E-state index in [9.17, 15) is 5.26 Å². The molecule has 3 rings (SSSR count). The first-order chi connectivity index (χ1) is 11.8. The molecule has 24 heavy (non-hydrogen) atoms. The molecule has 2 aromatic carbocycles. The first-order valence-electron chi connectivity index (χ1n) is 7.63. The molecular formula is C21H16N2S. The van der Waals surface area contributed by atoms with Gasteiger partial charge >= 0.3 is 0 Å². The van der Waals surface area contributed by atoms with Crippen LogP contribution < -0.4 is 0 Å². The maximum Gasteiger partial charge on any atom is 0.115 e. The van der Waals surface area contributed by atoms with E-state index in [2.05, 4.69) is 12.6 Å². The topological polar surface area (TPSA) is 36.7 Å². The van der Waals surface area contributed by atoms with Crippen LogP contribution in [-0.4, -0.2) is 10.7 Å². The number of hydrogen-bond donors (Lipinski definition) is 0. The van der Waals surface area contributed by atoms with Crippen molar-refractivity contribution >= 4 is 11.8 Å². The van der Waals surface area contributed by atoms with Crippen molar-refractivity contribution in [2.75, 3.05) is 5.75 Å². The fourth-order valence-electron chi connectivity index (χ4n) is 2.47. The molecule has 0 amide bonds. The number of nitriles is 1. The average molecular weight is 328 g/mol. The molecule has 3 heteroatoms. The third-order valence-electron chi connectivity index (χ3n) is 3.59. The number of hydrogen-bond acceptors (Lipinski definition) is 3. The van der Waals surface area contributed by atoms with Crippen LogP contribution in [-0.2, 0) is 0 Å². The van der Waals surface area contributed by atoms with Gasteiger partial charge in [-0.3, -0.25) is 0 Å². The van der Waals surface area contributed by atoms with Crippen molar-refractivity contribution in [2.45, 2.75) is 5.03 Å². The lowest BCUT2D eigenvalue weighted by Gasteiger charge is -2.12. The molecule has 2 nitrogen and oxygen atoms in total. The van der Waals surface area contributed by atoms with Crippen LogP contribution in [0.2, 0.25) is 0 Å². The molecule has 0 unspecified atom stereocenters. The molecule has 1 aromatic heterocycles. The predicted octanol–water partition coefficient (Wildman–Crippen LogP) is 5.57. The van der Waals surface area contributed by atoms with Gasteiger partial charge in [0.15, 0.2) is 0 Å². The van der Waals surface area contributed by atoms with Gasteiger partial charge in [0.2, 0.25) is 0 Å². The predicted molar refractivity (Wildman–Crippen MR) is 101 cm³/mol. The number of benzene rings is 2. The van der Waals surface area contributed by atoms with Crippen molar-refractivity contribution in [3.8, 4) is 28.5 Å². The van der Waals surface area contributed by atoms with Gasteiger partial charge in [-0.25, -0.2) is 4.98 Å². The third-order valence-corrected chi connectivity index (χ3v) is 4.56.